The number of nitrogens with one attached hydrogen (secondary N) is 2. The molecule has 110 valence electrons. The molecule has 1 aromatic rings. The Labute approximate surface area is 122 Å². The molecule has 1 aromatic carbocycles. The number of hydrogen-bond donors (Lipinski definition) is 2. The van der Waals surface area contributed by atoms with Gasteiger partial charge in [-0.25, -0.2) is 0 Å². The molecule has 6 nitrogen and oxygen atoms in total. The Morgan fingerprint density at radius 2 is 1.90 bits per heavy atom. The molecule has 7 heteroatoms. The molecule has 0 fully saturated rings. The fourth-order valence-corrected chi connectivity index (χ4v) is 1.69. The van der Waals surface area contributed by atoms with E-state index in [0.29, 0.717) is 29.4 Å². The van der Waals surface area contributed by atoms with E-state index in [1.807, 2.05) is 0 Å². The van der Waals surface area contributed by atoms with E-state index in [1.165, 1.54) is 20.3 Å². The molecule has 2 N–H and O–H groups in total. The second-order valence-corrected chi connectivity index (χ2v) is 4.32. The van der Waals surface area contributed by atoms with E-state index in [2.05, 4.69) is 15.4 Å². The van der Waals surface area contributed by atoms with E-state index in [-0.39, 0.29) is 18.4 Å². The summed E-state index contributed by atoms with van der Waals surface area (Å²) in [7, 11) is 2.91. The molecule has 0 spiro atoms. The van der Waals surface area contributed by atoms with Crippen LogP contribution in [0.5, 0.6) is 5.75 Å². The van der Waals surface area contributed by atoms with Gasteiger partial charge in [-0.1, -0.05) is 11.6 Å². The average Bonchev–Trinajstić information content (AvgIpc) is 2.43. The Morgan fingerprint density at radius 1 is 1.20 bits per heavy atom. The molecule has 0 heterocycles. The second kappa shape index (κ2) is 8.39. The van der Waals surface area contributed by atoms with Gasteiger partial charge < -0.3 is 20.1 Å². The van der Waals surface area contributed by atoms with E-state index in [1.54, 1.807) is 12.1 Å². The fourth-order valence-electron chi connectivity index (χ4n) is 1.51. The number of benzene rings is 1. The monoisotopic (exact) mass is 300 g/mol. The van der Waals surface area contributed by atoms with Gasteiger partial charge in [0.2, 0.25) is 5.91 Å². The van der Waals surface area contributed by atoms with Crippen molar-refractivity contribution in [1.29, 1.82) is 0 Å². The van der Waals surface area contributed by atoms with Gasteiger partial charge in [0.25, 0.3) is 5.91 Å². The number of carbonyl (C=O) groups excluding carboxylic acids is 2. The van der Waals surface area contributed by atoms with Gasteiger partial charge in [0.1, 0.15) is 12.4 Å². The van der Waals surface area contributed by atoms with Crippen LogP contribution in [-0.4, -0.2) is 45.7 Å². The molecule has 0 aliphatic rings. The van der Waals surface area contributed by atoms with E-state index < -0.39 is 0 Å². The minimum atomic E-state index is -0.314. The average molecular weight is 301 g/mol. The molecule has 0 radical (unpaired) electrons. The third kappa shape index (κ3) is 5.07. The van der Waals surface area contributed by atoms with Crippen LogP contribution in [0.15, 0.2) is 18.2 Å². The molecule has 0 aromatic heterocycles. The van der Waals surface area contributed by atoms with Crippen LogP contribution >= 0.6 is 11.6 Å². The van der Waals surface area contributed by atoms with Crippen LogP contribution in [0, 0.1) is 0 Å². The molecular weight excluding hydrogens is 284 g/mol. The molecule has 0 aliphatic carbocycles. The highest BCUT2D eigenvalue weighted by Crippen LogP contribution is 2.22. The summed E-state index contributed by atoms with van der Waals surface area (Å²) >= 11 is 5.85. The highest BCUT2D eigenvalue weighted by atomic mass is 35.5. The molecule has 0 aliphatic heterocycles. The normalized spacial score (nSPS) is 9.95. The maximum Gasteiger partial charge on any atom is 0.255 e. The molecular formula is C13H17ClN2O4. The highest BCUT2D eigenvalue weighted by Gasteiger charge is 2.12. The third-order valence-electron chi connectivity index (χ3n) is 2.41. The lowest BCUT2D eigenvalue weighted by molar-refractivity contribution is -0.124. The zero-order chi connectivity index (χ0) is 15.0. The van der Waals surface area contributed by atoms with Crippen molar-refractivity contribution in [2.75, 3.05) is 33.9 Å². The van der Waals surface area contributed by atoms with Crippen molar-refractivity contribution in [3.05, 3.63) is 28.8 Å². The summed E-state index contributed by atoms with van der Waals surface area (Å²) < 4.78 is 9.76. The standard InChI is InChI=1S/C13H17ClN2O4/c1-19-8-12(17)15-5-6-16-13(18)10-7-9(14)3-4-11(10)20-2/h3-4,7H,5-6,8H2,1-2H3,(H,15,17)(H,16,18). The van der Waals surface area contributed by atoms with Gasteiger partial charge in [-0.2, -0.15) is 0 Å². The first-order valence-corrected chi connectivity index (χ1v) is 6.33. The first-order chi connectivity index (χ1) is 9.58. The fraction of sp³-hybridized carbons (Fsp3) is 0.385. The Bertz CT molecular complexity index is 479. The first-order valence-electron chi connectivity index (χ1n) is 5.96. The smallest absolute Gasteiger partial charge is 0.255 e. The first kappa shape index (κ1) is 16.3. The molecule has 0 atom stereocenters. The summed E-state index contributed by atoms with van der Waals surface area (Å²) in [6, 6.07) is 4.79. The lowest BCUT2D eigenvalue weighted by Crippen LogP contribution is -2.36. The Balaban J connectivity index is 2.47. The Morgan fingerprint density at radius 3 is 2.55 bits per heavy atom. The van der Waals surface area contributed by atoms with Crippen molar-refractivity contribution < 1.29 is 19.1 Å². The summed E-state index contributed by atoms with van der Waals surface area (Å²) in [6.45, 7) is 0.608. The summed E-state index contributed by atoms with van der Waals surface area (Å²) in [5.41, 5.74) is 0.350. The van der Waals surface area contributed by atoms with Gasteiger partial charge in [-0.15, -0.1) is 0 Å². The molecule has 20 heavy (non-hydrogen) atoms. The SMILES string of the molecule is COCC(=O)NCCNC(=O)c1cc(Cl)ccc1OC. The summed E-state index contributed by atoms with van der Waals surface area (Å²) in [5.74, 6) is -0.109. The molecule has 0 bridgehead atoms. The van der Waals surface area contributed by atoms with Crippen molar-refractivity contribution in [3.8, 4) is 5.75 Å². The zero-order valence-electron chi connectivity index (χ0n) is 11.4. The number of ether oxygens (including phenoxy) is 2. The Hall–Kier alpha value is -1.79. The number of halogens is 1. The maximum absolute atomic E-state index is 12.0. The topological polar surface area (TPSA) is 76.7 Å². The zero-order valence-corrected chi connectivity index (χ0v) is 12.1. The molecule has 0 unspecified atom stereocenters. The number of methoxy groups -OCH3 is 2. The minimum absolute atomic E-state index is 0.00391. The predicted octanol–water partition coefficient (Wildman–Crippen LogP) is 0.841. The van der Waals surface area contributed by atoms with Gasteiger partial charge >= 0.3 is 0 Å². The quantitative estimate of drug-likeness (QED) is 0.732. The van der Waals surface area contributed by atoms with Crippen LogP contribution < -0.4 is 15.4 Å². The van der Waals surface area contributed by atoms with Gasteiger partial charge in [0.15, 0.2) is 0 Å². The van der Waals surface area contributed by atoms with Crippen molar-refractivity contribution >= 4 is 23.4 Å². The van der Waals surface area contributed by atoms with Crippen LogP contribution in [0.4, 0.5) is 0 Å². The van der Waals surface area contributed by atoms with E-state index in [9.17, 15) is 9.59 Å². The maximum atomic E-state index is 12.0. The lowest BCUT2D eigenvalue weighted by Gasteiger charge is -2.10. The van der Waals surface area contributed by atoms with Crippen molar-refractivity contribution in [3.63, 3.8) is 0 Å². The predicted molar refractivity (Wildman–Crippen MR) is 75.2 cm³/mol. The number of rotatable bonds is 7. The molecule has 1 rings (SSSR count). The largest absolute Gasteiger partial charge is 0.496 e. The summed E-state index contributed by atoms with van der Waals surface area (Å²) in [4.78, 5) is 23.1. The van der Waals surface area contributed by atoms with Crippen molar-refractivity contribution in [1.82, 2.24) is 10.6 Å². The van der Waals surface area contributed by atoms with Crippen LogP contribution in [-0.2, 0) is 9.53 Å². The van der Waals surface area contributed by atoms with E-state index >= 15 is 0 Å². The Kier molecular flexibility index (Phi) is 6.83. The van der Waals surface area contributed by atoms with Gasteiger partial charge in [-0.05, 0) is 18.2 Å². The minimum Gasteiger partial charge on any atom is -0.496 e. The van der Waals surface area contributed by atoms with E-state index in [4.69, 9.17) is 16.3 Å². The molecule has 0 saturated carbocycles. The van der Waals surface area contributed by atoms with Gasteiger partial charge in [0, 0.05) is 25.2 Å². The lowest BCUT2D eigenvalue weighted by atomic mass is 10.2. The van der Waals surface area contributed by atoms with Gasteiger partial charge in [0.05, 0.1) is 12.7 Å². The summed E-state index contributed by atoms with van der Waals surface area (Å²) in [5, 5.41) is 5.71. The molecule has 2 amide bonds. The van der Waals surface area contributed by atoms with Crippen molar-refractivity contribution in [2.24, 2.45) is 0 Å². The number of carbonyl (C=O) groups is 2. The van der Waals surface area contributed by atoms with Crippen molar-refractivity contribution in [2.45, 2.75) is 0 Å². The van der Waals surface area contributed by atoms with Gasteiger partial charge in [-0.3, -0.25) is 9.59 Å². The number of hydrogen-bond acceptors (Lipinski definition) is 4. The highest BCUT2D eigenvalue weighted by molar-refractivity contribution is 6.31. The number of amides is 2. The second-order valence-electron chi connectivity index (χ2n) is 3.88. The van der Waals surface area contributed by atoms with Crippen LogP contribution in [0.2, 0.25) is 5.02 Å². The third-order valence-corrected chi connectivity index (χ3v) is 2.65. The summed E-state index contributed by atoms with van der Waals surface area (Å²) in [6.07, 6.45) is 0. The van der Waals surface area contributed by atoms with E-state index in [0.717, 1.165) is 0 Å². The molecule has 0 saturated heterocycles. The van der Waals surface area contributed by atoms with Crippen LogP contribution in [0.3, 0.4) is 0 Å². The van der Waals surface area contributed by atoms with Crippen LogP contribution in [0.25, 0.3) is 0 Å². The van der Waals surface area contributed by atoms with Crippen LogP contribution in [0.1, 0.15) is 10.4 Å².